The molecule has 0 saturated heterocycles. The van der Waals surface area contributed by atoms with Crippen LogP contribution in [0.25, 0.3) is 10.8 Å². The molecule has 0 fully saturated rings. The first-order chi connectivity index (χ1) is 15.8. The first-order valence-electron chi connectivity index (χ1n) is 10.9. The van der Waals surface area contributed by atoms with E-state index < -0.39 is 17.9 Å². The largest absolute Gasteiger partial charge is 0.507 e. The summed E-state index contributed by atoms with van der Waals surface area (Å²) in [7, 11) is 0. The van der Waals surface area contributed by atoms with E-state index in [2.05, 4.69) is 15.8 Å². The number of carbonyl (C=O) groups is 2. The first-order valence-corrected chi connectivity index (χ1v) is 10.9. The number of phenols is 1. The van der Waals surface area contributed by atoms with E-state index in [0.29, 0.717) is 17.7 Å². The average Bonchev–Trinajstić information content (AvgIpc) is 2.79. The molecule has 0 aromatic heterocycles. The molecule has 1 atom stereocenters. The third-order valence-electron chi connectivity index (χ3n) is 5.13. The lowest BCUT2D eigenvalue weighted by Gasteiger charge is -2.19. The van der Waals surface area contributed by atoms with Crippen molar-refractivity contribution in [3.8, 4) is 11.5 Å². The van der Waals surface area contributed by atoms with Crippen LogP contribution in [0.5, 0.6) is 11.5 Å². The van der Waals surface area contributed by atoms with Crippen molar-refractivity contribution in [1.82, 2.24) is 10.7 Å². The van der Waals surface area contributed by atoms with Crippen molar-refractivity contribution in [3.63, 3.8) is 0 Å². The van der Waals surface area contributed by atoms with Crippen LogP contribution >= 0.6 is 0 Å². The molecule has 3 aromatic carbocycles. The minimum absolute atomic E-state index is 0.0621. The Labute approximate surface area is 193 Å². The fourth-order valence-corrected chi connectivity index (χ4v) is 3.46. The van der Waals surface area contributed by atoms with Crippen molar-refractivity contribution in [2.75, 3.05) is 6.61 Å². The maximum absolute atomic E-state index is 12.7. The summed E-state index contributed by atoms with van der Waals surface area (Å²) < 4.78 is 5.58. The lowest BCUT2D eigenvalue weighted by atomic mass is 10.0. The molecule has 3 N–H and O–H groups in total. The number of phenolic OH excluding ortho intramolecular Hbond substituents is 1. The Morgan fingerprint density at radius 1 is 1.06 bits per heavy atom. The van der Waals surface area contributed by atoms with Crippen LogP contribution in [-0.4, -0.2) is 35.8 Å². The summed E-state index contributed by atoms with van der Waals surface area (Å²) in [5.74, 6) is 0.0205. The van der Waals surface area contributed by atoms with Gasteiger partial charge in [-0.3, -0.25) is 9.59 Å². The van der Waals surface area contributed by atoms with Gasteiger partial charge in [0.05, 0.1) is 6.21 Å². The van der Waals surface area contributed by atoms with Crippen molar-refractivity contribution >= 4 is 28.8 Å². The molecule has 0 aliphatic carbocycles. The zero-order valence-corrected chi connectivity index (χ0v) is 19.0. The minimum atomic E-state index is -0.767. The van der Waals surface area contributed by atoms with Gasteiger partial charge in [-0.15, -0.1) is 0 Å². The topological polar surface area (TPSA) is 100 Å². The van der Waals surface area contributed by atoms with E-state index in [0.717, 1.165) is 16.3 Å². The number of rotatable bonds is 9. The molecule has 172 valence electrons. The second-order valence-corrected chi connectivity index (χ2v) is 8.26. The molecule has 0 radical (unpaired) electrons. The third-order valence-corrected chi connectivity index (χ3v) is 5.13. The van der Waals surface area contributed by atoms with Crippen molar-refractivity contribution in [3.05, 3.63) is 71.8 Å². The lowest BCUT2D eigenvalue weighted by Crippen LogP contribution is -2.47. The predicted molar refractivity (Wildman–Crippen MR) is 129 cm³/mol. The molecule has 0 aliphatic rings. The standard InChI is InChI=1S/C26H29N3O4/c1-17(2)14-22(28-25(31)16-33-24-11-7-4-8-18(24)3)26(32)29-27-15-21-20-10-6-5-9-19(20)12-13-23(21)30/h4-13,15,17,22,30H,14,16H2,1-3H3,(H,28,31)(H,29,32)/b27-15-/t22-/m0/s1. The van der Waals surface area contributed by atoms with Gasteiger partial charge in [0.25, 0.3) is 11.8 Å². The van der Waals surface area contributed by atoms with Crippen LogP contribution in [0.15, 0.2) is 65.8 Å². The van der Waals surface area contributed by atoms with Gasteiger partial charge >= 0.3 is 0 Å². The molecule has 3 rings (SSSR count). The van der Waals surface area contributed by atoms with E-state index in [1.807, 2.05) is 69.3 Å². The molecule has 0 heterocycles. The van der Waals surface area contributed by atoms with Gasteiger partial charge in [-0.1, -0.05) is 62.4 Å². The number of para-hydroxylation sites is 1. The second-order valence-electron chi connectivity index (χ2n) is 8.26. The highest BCUT2D eigenvalue weighted by Gasteiger charge is 2.22. The van der Waals surface area contributed by atoms with Gasteiger partial charge in [-0.2, -0.15) is 5.10 Å². The maximum atomic E-state index is 12.7. The van der Waals surface area contributed by atoms with Gasteiger partial charge in [0.1, 0.15) is 17.5 Å². The number of amides is 2. The van der Waals surface area contributed by atoms with E-state index in [9.17, 15) is 14.7 Å². The van der Waals surface area contributed by atoms with Crippen molar-refractivity contribution in [1.29, 1.82) is 0 Å². The summed E-state index contributed by atoms with van der Waals surface area (Å²) >= 11 is 0. The zero-order chi connectivity index (χ0) is 23.8. The van der Waals surface area contributed by atoms with Gasteiger partial charge in [0, 0.05) is 5.56 Å². The van der Waals surface area contributed by atoms with Crippen LogP contribution < -0.4 is 15.5 Å². The summed E-state index contributed by atoms with van der Waals surface area (Å²) in [6.07, 6.45) is 1.85. The normalized spacial score (nSPS) is 12.1. The number of carbonyl (C=O) groups excluding carboxylic acids is 2. The fourth-order valence-electron chi connectivity index (χ4n) is 3.46. The molecule has 0 spiro atoms. The van der Waals surface area contributed by atoms with Gasteiger partial charge in [-0.05, 0) is 47.7 Å². The quantitative estimate of drug-likeness (QED) is 0.342. The van der Waals surface area contributed by atoms with Crippen molar-refractivity contribution in [2.24, 2.45) is 11.0 Å². The van der Waals surface area contributed by atoms with E-state index in [-0.39, 0.29) is 18.3 Å². The highest BCUT2D eigenvalue weighted by Crippen LogP contribution is 2.25. The summed E-state index contributed by atoms with van der Waals surface area (Å²) in [4.78, 5) is 25.2. The van der Waals surface area contributed by atoms with Crippen LogP contribution in [0.1, 0.15) is 31.4 Å². The Bertz CT molecular complexity index is 1160. The molecular formula is C26H29N3O4. The fraction of sp³-hybridized carbons (Fsp3) is 0.269. The van der Waals surface area contributed by atoms with E-state index in [1.165, 1.54) is 6.21 Å². The number of hydrogen-bond acceptors (Lipinski definition) is 5. The molecule has 2 amide bonds. The van der Waals surface area contributed by atoms with Gasteiger partial charge < -0.3 is 15.2 Å². The molecule has 0 saturated carbocycles. The Morgan fingerprint density at radius 3 is 2.55 bits per heavy atom. The number of aromatic hydroxyl groups is 1. The summed E-state index contributed by atoms with van der Waals surface area (Å²) in [6, 6.07) is 17.6. The number of benzene rings is 3. The van der Waals surface area contributed by atoms with Crippen LogP contribution in [-0.2, 0) is 9.59 Å². The maximum Gasteiger partial charge on any atom is 0.262 e. The number of hydrogen-bond donors (Lipinski definition) is 3. The number of hydrazone groups is 1. The third kappa shape index (κ3) is 6.55. The highest BCUT2D eigenvalue weighted by molar-refractivity contribution is 6.02. The molecule has 7 nitrogen and oxygen atoms in total. The Kier molecular flexibility index (Phi) is 8.02. The molecule has 0 aliphatic heterocycles. The Balaban J connectivity index is 1.64. The van der Waals surface area contributed by atoms with Crippen LogP contribution in [0.4, 0.5) is 0 Å². The summed E-state index contributed by atoms with van der Waals surface area (Å²) in [5, 5.41) is 18.7. The molecule has 0 unspecified atom stereocenters. The van der Waals surface area contributed by atoms with Crippen LogP contribution in [0.2, 0.25) is 0 Å². The van der Waals surface area contributed by atoms with E-state index in [4.69, 9.17) is 4.74 Å². The summed E-state index contributed by atoms with van der Waals surface area (Å²) in [5.41, 5.74) is 3.91. The number of fused-ring (bicyclic) bond motifs is 1. The van der Waals surface area contributed by atoms with Crippen LogP contribution in [0, 0.1) is 12.8 Å². The smallest absolute Gasteiger partial charge is 0.262 e. The predicted octanol–water partition coefficient (Wildman–Crippen LogP) is 3.91. The molecule has 7 heteroatoms. The van der Waals surface area contributed by atoms with Gasteiger partial charge in [0.15, 0.2) is 6.61 Å². The first kappa shape index (κ1) is 23.8. The number of aryl methyl sites for hydroxylation is 1. The molecule has 0 bridgehead atoms. The summed E-state index contributed by atoms with van der Waals surface area (Å²) in [6.45, 7) is 5.63. The number of ether oxygens (including phenoxy) is 1. The van der Waals surface area contributed by atoms with Crippen molar-refractivity contribution in [2.45, 2.75) is 33.2 Å². The molecular weight excluding hydrogens is 418 g/mol. The lowest BCUT2D eigenvalue weighted by molar-refractivity contribution is -0.130. The minimum Gasteiger partial charge on any atom is -0.507 e. The van der Waals surface area contributed by atoms with Gasteiger partial charge in [0.2, 0.25) is 0 Å². The monoisotopic (exact) mass is 447 g/mol. The van der Waals surface area contributed by atoms with Crippen LogP contribution in [0.3, 0.4) is 0 Å². The Morgan fingerprint density at radius 2 is 1.79 bits per heavy atom. The SMILES string of the molecule is Cc1ccccc1OCC(=O)N[C@@H](CC(C)C)C(=O)N/N=C\c1c(O)ccc2ccccc12. The van der Waals surface area contributed by atoms with E-state index in [1.54, 1.807) is 12.1 Å². The molecule has 3 aromatic rings. The van der Waals surface area contributed by atoms with Gasteiger partial charge in [-0.25, -0.2) is 5.43 Å². The van der Waals surface area contributed by atoms with Crippen molar-refractivity contribution < 1.29 is 19.4 Å². The van der Waals surface area contributed by atoms with E-state index >= 15 is 0 Å². The zero-order valence-electron chi connectivity index (χ0n) is 19.0. The Hall–Kier alpha value is -3.87. The number of nitrogens with one attached hydrogen (secondary N) is 2. The average molecular weight is 448 g/mol. The molecule has 33 heavy (non-hydrogen) atoms. The number of nitrogens with zero attached hydrogens (tertiary/aromatic N) is 1. The highest BCUT2D eigenvalue weighted by atomic mass is 16.5. The second kappa shape index (κ2) is 11.1.